The molecule has 0 spiro atoms. The van der Waals surface area contributed by atoms with Crippen LogP contribution >= 0.6 is 0 Å². The molecule has 2 aliphatic rings. The minimum Gasteiger partial charge on any atom is -0.495 e. The summed E-state index contributed by atoms with van der Waals surface area (Å²) in [6, 6.07) is 8.84. The van der Waals surface area contributed by atoms with Gasteiger partial charge in [0.2, 0.25) is 5.95 Å². The lowest BCUT2D eigenvalue weighted by molar-refractivity contribution is -0.0564. The number of benzene rings is 1. The Labute approximate surface area is 261 Å². The molecule has 14 nitrogen and oxygen atoms in total. The topological polar surface area (TPSA) is 122 Å². The Morgan fingerprint density at radius 2 is 1.71 bits per heavy atom. The van der Waals surface area contributed by atoms with Crippen molar-refractivity contribution >= 4 is 28.4 Å². The van der Waals surface area contributed by atoms with Gasteiger partial charge in [-0.1, -0.05) is 6.08 Å². The van der Waals surface area contributed by atoms with Gasteiger partial charge in [0.15, 0.2) is 11.5 Å². The summed E-state index contributed by atoms with van der Waals surface area (Å²) in [4.78, 5) is 39.6. The van der Waals surface area contributed by atoms with Crippen LogP contribution in [-0.2, 0) is 6.54 Å². The van der Waals surface area contributed by atoms with Gasteiger partial charge >= 0.3 is 0 Å². The van der Waals surface area contributed by atoms with Gasteiger partial charge in [0.25, 0.3) is 11.1 Å². The SMILES string of the molecule is C=CCn1c(=O)c2cnc(Nc3ccc(N4CCN(N5CCN(C)CC5)CC4)c(OC)c3)nc2n1-c1ccc(=O)n(C(C)C)n1. The molecule has 1 aromatic carbocycles. The van der Waals surface area contributed by atoms with E-state index in [1.807, 2.05) is 26.0 Å². The number of ether oxygens (including phenoxy) is 1. The number of nitrogens with one attached hydrogen (secondary N) is 1. The summed E-state index contributed by atoms with van der Waals surface area (Å²) >= 11 is 0. The number of likely N-dealkylation sites (N-methyl/N-ethyl adjacent to an activating group) is 1. The number of anilines is 3. The van der Waals surface area contributed by atoms with Gasteiger partial charge in [-0.25, -0.2) is 29.0 Å². The second-order valence-electron chi connectivity index (χ2n) is 11.7. The fourth-order valence-electron chi connectivity index (χ4n) is 5.95. The largest absolute Gasteiger partial charge is 0.495 e. The number of nitrogens with zero attached hydrogens (tertiary/aromatic N) is 10. The lowest BCUT2D eigenvalue weighted by atomic mass is 10.2. The maximum atomic E-state index is 13.3. The van der Waals surface area contributed by atoms with Crippen LogP contribution in [0.1, 0.15) is 19.9 Å². The third kappa shape index (κ3) is 6.08. The third-order valence-electron chi connectivity index (χ3n) is 8.41. The highest BCUT2D eigenvalue weighted by Gasteiger charge is 2.26. The van der Waals surface area contributed by atoms with Gasteiger partial charge in [-0.2, -0.15) is 4.98 Å². The number of fused-ring (bicyclic) bond motifs is 1. The molecular formula is C31H41N11O3. The quantitative estimate of drug-likeness (QED) is 0.278. The van der Waals surface area contributed by atoms with E-state index in [9.17, 15) is 9.59 Å². The Kier molecular flexibility index (Phi) is 8.70. The number of allylic oxidation sites excluding steroid dienone is 1. The van der Waals surface area contributed by atoms with E-state index in [-0.39, 0.29) is 23.7 Å². The van der Waals surface area contributed by atoms with Crippen LogP contribution in [0.15, 0.2) is 58.8 Å². The minimum absolute atomic E-state index is 0.163. The first kappa shape index (κ1) is 30.5. The average Bonchev–Trinajstić information content (AvgIpc) is 3.32. The van der Waals surface area contributed by atoms with Gasteiger partial charge in [-0.05, 0) is 39.1 Å². The fourth-order valence-corrected chi connectivity index (χ4v) is 5.95. The van der Waals surface area contributed by atoms with Crippen LogP contribution in [0, 0.1) is 0 Å². The number of hydrazine groups is 1. The van der Waals surface area contributed by atoms with Crippen molar-refractivity contribution in [2.45, 2.75) is 26.4 Å². The lowest BCUT2D eigenvalue weighted by Gasteiger charge is -2.44. The first-order valence-corrected chi connectivity index (χ1v) is 15.4. The Morgan fingerprint density at radius 3 is 2.38 bits per heavy atom. The van der Waals surface area contributed by atoms with E-state index in [1.165, 1.54) is 21.6 Å². The molecule has 0 atom stereocenters. The highest BCUT2D eigenvalue weighted by Crippen LogP contribution is 2.33. The molecule has 0 saturated carbocycles. The van der Waals surface area contributed by atoms with Gasteiger partial charge in [0.05, 0.1) is 25.4 Å². The van der Waals surface area contributed by atoms with Crippen molar-refractivity contribution in [3.05, 3.63) is 69.9 Å². The Balaban J connectivity index is 1.25. The predicted molar refractivity (Wildman–Crippen MR) is 175 cm³/mol. The first-order valence-electron chi connectivity index (χ1n) is 15.4. The maximum absolute atomic E-state index is 13.3. The number of aromatic nitrogens is 6. The van der Waals surface area contributed by atoms with E-state index in [0.29, 0.717) is 22.8 Å². The number of methoxy groups -OCH3 is 1. The molecule has 6 rings (SSSR count). The molecule has 3 aromatic heterocycles. The molecule has 0 radical (unpaired) electrons. The summed E-state index contributed by atoms with van der Waals surface area (Å²) in [5, 5.41) is 13.1. The van der Waals surface area contributed by atoms with Crippen molar-refractivity contribution in [1.82, 2.24) is 44.0 Å². The Morgan fingerprint density at radius 1 is 1.00 bits per heavy atom. The highest BCUT2D eigenvalue weighted by molar-refractivity contribution is 5.77. The van der Waals surface area contributed by atoms with Crippen molar-refractivity contribution in [3.8, 4) is 11.6 Å². The summed E-state index contributed by atoms with van der Waals surface area (Å²) in [5.74, 6) is 1.45. The van der Waals surface area contributed by atoms with Crippen LogP contribution in [0.2, 0.25) is 0 Å². The molecule has 0 aliphatic carbocycles. The number of hydrogen-bond donors (Lipinski definition) is 1. The van der Waals surface area contributed by atoms with E-state index in [4.69, 9.17) is 9.72 Å². The molecule has 2 fully saturated rings. The molecule has 238 valence electrons. The van der Waals surface area contributed by atoms with Gasteiger partial charge in [0, 0.05) is 76.4 Å². The molecule has 0 unspecified atom stereocenters. The second kappa shape index (κ2) is 12.8. The normalized spacial score (nSPS) is 16.9. The Bertz CT molecular complexity index is 1790. The molecule has 4 aromatic rings. The van der Waals surface area contributed by atoms with Gasteiger partial charge in [-0.3, -0.25) is 9.59 Å². The van der Waals surface area contributed by atoms with Crippen molar-refractivity contribution in [3.63, 3.8) is 0 Å². The van der Waals surface area contributed by atoms with E-state index in [0.717, 1.165) is 69.5 Å². The fraction of sp³-hybridized carbons (Fsp3) is 0.452. The average molecular weight is 616 g/mol. The third-order valence-corrected chi connectivity index (χ3v) is 8.41. The Hall–Kier alpha value is -4.53. The van der Waals surface area contributed by atoms with Crippen LogP contribution in [0.5, 0.6) is 5.75 Å². The van der Waals surface area contributed by atoms with E-state index in [2.05, 4.69) is 54.9 Å². The van der Waals surface area contributed by atoms with Gasteiger partial charge < -0.3 is 19.9 Å². The van der Waals surface area contributed by atoms with Crippen LogP contribution in [-0.4, -0.2) is 111 Å². The first-order chi connectivity index (χ1) is 21.8. The molecule has 14 heteroatoms. The van der Waals surface area contributed by atoms with E-state index < -0.39 is 0 Å². The molecule has 2 saturated heterocycles. The lowest BCUT2D eigenvalue weighted by Crippen LogP contribution is -2.58. The summed E-state index contributed by atoms with van der Waals surface area (Å²) in [6.07, 6.45) is 3.13. The molecular weight excluding hydrogens is 574 g/mol. The number of piperazine rings is 2. The zero-order valence-electron chi connectivity index (χ0n) is 26.4. The van der Waals surface area contributed by atoms with E-state index in [1.54, 1.807) is 23.9 Å². The van der Waals surface area contributed by atoms with Crippen molar-refractivity contribution in [2.24, 2.45) is 0 Å². The predicted octanol–water partition coefficient (Wildman–Crippen LogP) is 1.94. The van der Waals surface area contributed by atoms with E-state index >= 15 is 0 Å². The monoisotopic (exact) mass is 615 g/mol. The maximum Gasteiger partial charge on any atom is 0.278 e. The van der Waals surface area contributed by atoms with Gasteiger partial charge in [-0.15, -0.1) is 11.7 Å². The standard InChI is InChI=1S/C31H41N11O3/c1-6-11-40-30(44)24-21-32-31(34-29(24)42(40)27-9-10-28(43)41(35-27)22(2)3)33-23-7-8-25(26(20-23)45-5)37-14-18-39(19-15-37)38-16-12-36(4)13-17-38/h6-10,20-22H,1,11-19H2,2-5H3,(H,32,33,34). The minimum atomic E-state index is -0.278. The second-order valence-corrected chi connectivity index (χ2v) is 11.7. The summed E-state index contributed by atoms with van der Waals surface area (Å²) in [7, 11) is 3.86. The van der Waals surface area contributed by atoms with Crippen molar-refractivity contribution in [1.29, 1.82) is 0 Å². The molecule has 2 aliphatic heterocycles. The molecule has 5 heterocycles. The zero-order valence-corrected chi connectivity index (χ0v) is 26.4. The molecule has 0 bridgehead atoms. The summed E-state index contributed by atoms with van der Waals surface area (Å²) in [6.45, 7) is 15.9. The van der Waals surface area contributed by atoms with Crippen molar-refractivity contribution < 1.29 is 4.74 Å². The van der Waals surface area contributed by atoms with Crippen LogP contribution < -0.4 is 26.1 Å². The van der Waals surface area contributed by atoms with Crippen LogP contribution in [0.25, 0.3) is 16.9 Å². The summed E-state index contributed by atoms with van der Waals surface area (Å²) in [5.41, 5.74) is 1.65. The molecule has 45 heavy (non-hydrogen) atoms. The van der Waals surface area contributed by atoms with Gasteiger partial charge in [0.1, 0.15) is 11.1 Å². The highest BCUT2D eigenvalue weighted by atomic mass is 16.5. The van der Waals surface area contributed by atoms with Crippen molar-refractivity contribution in [2.75, 3.05) is 76.7 Å². The number of rotatable bonds is 9. The molecule has 1 N–H and O–H groups in total. The smallest absolute Gasteiger partial charge is 0.278 e. The number of hydrogen-bond acceptors (Lipinski definition) is 11. The van der Waals surface area contributed by atoms with Crippen LogP contribution in [0.3, 0.4) is 0 Å². The van der Waals surface area contributed by atoms with Crippen LogP contribution in [0.4, 0.5) is 17.3 Å². The summed E-state index contributed by atoms with van der Waals surface area (Å²) < 4.78 is 10.3. The molecule has 0 amide bonds. The zero-order chi connectivity index (χ0) is 31.7.